The Morgan fingerprint density at radius 3 is 2.00 bits per heavy atom. The molecule has 1 aliphatic heterocycles. The quantitative estimate of drug-likeness (QED) is 0.688. The van der Waals surface area contributed by atoms with Crippen LogP contribution in [0.15, 0.2) is 48.5 Å². The second kappa shape index (κ2) is 9.37. The Balaban J connectivity index is 1.85. The van der Waals surface area contributed by atoms with E-state index in [1.54, 1.807) is 43.4 Å². The third kappa shape index (κ3) is 4.70. The molecule has 2 aromatic rings. The van der Waals surface area contributed by atoms with E-state index in [0.717, 1.165) is 5.56 Å². The van der Waals surface area contributed by atoms with Gasteiger partial charge in [0.1, 0.15) is 11.5 Å². The maximum Gasteiger partial charge on any atom is 0.223 e. The number of ether oxygens (including phenoxy) is 3. The Morgan fingerprint density at radius 2 is 1.46 bits per heavy atom. The minimum atomic E-state index is -0.561. The summed E-state index contributed by atoms with van der Waals surface area (Å²) in [6, 6.07) is 14.3. The van der Waals surface area contributed by atoms with Gasteiger partial charge in [0.05, 0.1) is 33.4 Å². The van der Waals surface area contributed by atoms with Crippen LogP contribution in [0.5, 0.6) is 11.5 Å². The molecule has 28 heavy (non-hydrogen) atoms. The summed E-state index contributed by atoms with van der Waals surface area (Å²) in [4.78, 5) is 27.8. The number of Topliss-reactive ketones (excluding diaryl/α,β-unsaturated/α-hetero) is 1. The highest BCUT2D eigenvalue weighted by Gasteiger charge is 2.28. The van der Waals surface area contributed by atoms with Crippen molar-refractivity contribution in [3.63, 3.8) is 0 Å². The summed E-state index contributed by atoms with van der Waals surface area (Å²) in [6.45, 7) is 2.19. The monoisotopic (exact) mass is 383 g/mol. The molecule has 3 rings (SSSR count). The first-order valence-corrected chi connectivity index (χ1v) is 9.30. The topological polar surface area (TPSA) is 65.1 Å². The first kappa shape index (κ1) is 19.9. The third-order valence-corrected chi connectivity index (χ3v) is 4.95. The molecule has 1 atom stereocenters. The molecule has 1 unspecified atom stereocenters. The molecule has 6 heteroatoms. The molecule has 0 aliphatic carbocycles. The van der Waals surface area contributed by atoms with Crippen molar-refractivity contribution < 1.29 is 23.8 Å². The van der Waals surface area contributed by atoms with E-state index in [4.69, 9.17) is 14.2 Å². The molecule has 0 saturated carbocycles. The van der Waals surface area contributed by atoms with E-state index < -0.39 is 5.92 Å². The molecule has 1 saturated heterocycles. The first-order valence-electron chi connectivity index (χ1n) is 9.30. The summed E-state index contributed by atoms with van der Waals surface area (Å²) in [7, 11) is 3.18. The molecule has 2 aromatic carbocycles. The van der Waals surface area contributed by atoms with Crippen LogP contribution < -0.4 is 9.47 Å². The normalized spacial score (nSPS) is 15.0. The zero-order valence-corrected chi connectivity index (χ0v) is 16.2. The van der Waals surface area contributed by atoms with Crippen LogP contribution in [0.4, 0.5) is 0 Å². The number of nitrogens with zero attached hydrogens (tertiary/aromatic N) is 1. The van der Waals surface area contributed by atoms with Gasteiger partial charge in [0.25, 0.3) is 0 Å². The highest BCUT2D eigenvalue weighted by atomic mass is 16.5. The second-order valence-electron chi connectivity index (χ2n) is 6.62. The Morgan fingerprint density at radius 1 is 0.929 bits per heavy atom. The minimum absolute atomic E-state index is 0.0361. The summed E-state index contributed by atoms with van der Waals surface area (Å²) in [6.07, 6.45) is 0.122. The van der Waals surface area contributed by atoms with Gasteiger partial charge in [0.2, 0.25) is 5.91 Å². The van der Waals surface area contributed by atoms with Crippen LogP contribution in [0.25, 0.3) is 0 Å². The van der Waals surface area contributed by atoms with Crippen molar-refractivity contribution in [1.82, 2.24) is 4.90 Å². The third-order valence-electron chi connectivity index (χ3n) is 4.95. The zero-order chi connectivity index (χ0) is 19.9. The van der Waals surface area contributed by atoms with Gasteiger partial charge in [-0.05, 0) is 42.0 Å². The van der Waals surface area contributed by atoms with Crippen LogP contribution in [0.3, 0.4) is 0 Å². The number of rotatable bonds is 7. The molecule has 0 spiro atoms. The number of benzene rings is 2. The maximum absolute atomic E-state index is 13.3. The van der Waals surface area contributed by atoms with Gasteiger partial charge < -0.3 is 19.1 Å². The van der Waals surface area contributed by atoms with Gasteiger partial charge in [0, 0.05) is 25.1 Å². The lowest BCUT2D eigenvalue weighted by Gasteiger charge is -2.28. The summed E-state index contributed by atoms with van der Waals surface area (Å²) in [5.74, 6) is 0.705. The van der Waals surface area contributed by atoms with E-state index in [-0.39, 0.29) is 18.1 Å². The lowest BCUT2D eigenvalue weighted by atomic mass is 9.87. The number of amides is 1. The molecular weight excluding hydrogens is 358 g/mol. The lowest BCUT2D eigenvalue weighted by Crippen LogP contribution is -2.41. The van der Waals surface area contributed by atoms with Gasteiger partial charge >= 0.3 is 0 Å². The van der Waals surface area contributed by atoms with Crippen molar-refractivity contribution in [2.24, 2.45) is 0 Å². The van der Waals surface area contributed by atoms with E-state index in [9.17, 15) is 9.59 Å². The van der Waals surface area contributed by atoms with E-state index in [2.05, 4.69) is 0 Å². The van der Waals surface area contributed by atoms with Crippen molar-refractivity contribution in [2.75, 3.05) is 40.5 Å². The van der Waals surface area contributed by atoms with Gasteiger partial charge in [-0.1, -0.05) is 12.1 Å². The molecule has 0 N–H and O–H groups in total. The van der Waals surface area contributed by atoms with Crippen LogP contribution in [0.2, 0.25) is 0 Å². The van der Waals surface area contributed by atoms with Crippen molar-refractivity contribution in [1.29, 1.82) is 0 Å². The highest BCUT2D eigenvalue weighted by Crippen LogP contribution is 2.28. The molecule has 0 bridgehead atoms. The molecule has 1 amide bonds. The number of hydrogen-bond donors (Lipinski definition) is 0. The van der Waals surface area contributed by atoms with E-state index in [0.29, 0.717) is 43.4 Å². The molecule has 0 aromatic heterocycles. The second-order valence-corrected chi connectivity index (χ2v) is 6.62. The highest BCUT2D eigenvalue weighted by molar-refractivity contribution is 6.03. The average molecular weight is 383 g/mol. The van der Waals surface area contributed by atoms with Crippen LogP contribution in [0.1, 0.15) is 28.3 Å². The number of ketones is 1. The number of carbonyl (C=O) groups excluding carboxylic acids is 2. The first-order chi connectivity index (χ1) is 13.6. The van der Waals surface area contributed by atoms with Crippen molar-refractivity contribution in [2.45, 2.75) is 12.3 Å². The molecule has 1 fully saturated rings. The fraction of sp³-hybridized carbons (Fsp3) is 0.364. The Hall–Kier alpha value is -2.86. The Bertz CT molecular complexity index is 795. The minimum Gasteiger partial charge on any atom is -0.497 e. The molecule has 1 heterocycles. The predicted molar refractivity (Wildman–Crippen MR) is 105 cm³/mol. The smallest absolute Gasteiger partial charge is 0.223 e. The Kier molecular flexibility index (Phi) is 6.66. The van der Waals surface area contributed by atoms with E-state index in [1.165, 1.54) is 0 Å². The maximum atomic E-state index is 13.3. The van der Waals surface area contributed by atoms with Gasteiger partial charge in [-0.2, -0.15) is 0 Å². The van der Waals surface area contributed by atoms with Crippen molar-refractivity contribution in [3.05, 3.63) is 59.7 Å². The van der Waals surface area contributed by atoms with E-state index in [1.807, 2.05) is 24.3 Å². The number of carbonyl (C=O) groups is 2. The van der Waals surface area contributed by atoms with Crippen LogP contribution >= 0.6 is 0 Å². The average Bonchev–Trinajstić information content (AvgIpc) is 2.77. The van der Waals surface area contributed by atoms with Crippen molar-refractivity contribution in [3.8, 4) is 11.5 Å². The number of methoxy groups -OCH3 is 2. The van der Waals surface area contributed by atoms with Gasteiger partial charge in [0.15, 0.2) is 5.78 Å². The molecule has 6 nitrogen and oxygen atoms in total. The fourth-order valence-corrected chi connectivity index (χ4v) is 3.27. The van der Waals surface area contributed by atoms with Gasteiger partial charge in [-0.3, -0.25) is 9.59 Å². The van der Waals surface area contributed by atoms with Crippen LogP contribution in [-0.4, -0.2) is 57.1 Å². The van der Waals surface area contributed by atoms with Crippen molar-refractivity contribution >= 4 is 11.7 Å². The zero-order valence-electron chi connectivity index (χ0n) is 16.2. The van der Waals surface area contributed by atoms with Crippen LogP contribution in [-0.2, 0) is 9.53 Å². The fourth-order valence-electron chi connectivity index (χ4n) is 3.27. The predicted octanol–water partition coefficient (Wildman–Crippen LogP) is 2.92. The summed E-state index contributed by atoms with van der Waals surface area (Å²) < 4.78 is 15.7. The Labute approximate surface area is 165 Å². The molecule has 0 radical (unpaired) electrons. The number of morpholine rings is 1. The molecule has 148 valence electrons. The summed E-state index contributed by atoms with van der Waals surface area (Å²) in [5.41, 5.74) is 1.35. The largest absolute Gasteiger partial charge is 0.497 e. The van der Waals surface area contributed by atoms with Gasteiger partial charge in [-0.15, -0.1) is 0 Å². The molecular formula is C22H25NO5. The van der Waals surface area contributed by atoms with Gasteiger partial charge in [-0.25, -0.2) is 0 Å². The standard InChI is InChI=1S/C22H25NO5/c1-26-18-7-3-16(4-8-18)20(15-21(24)23-11-13-28-14-12-23)22(25)17-5-9-19(27-2)10-6-17/h3-10,20H,11-15H2,1-2H3. The molecule has 1 aliphatic rings. The summed E-state index contributed by atoms with van der Waals surface area (Å²) in [5, 5.41) is 0. The summed E-state index contributed by atoms with van der Waals surface area (Å²) >= 11 is 0. The van der Waals surface area contributed by atoms with E-state index >= 15 is 0 Å². The van der Waals surface area contributed by atoms with Crippen LogP contribution in [0, 0.1) is 0 Å². The lowest BCUT2D eigenvalue weighted by molar-refractivity contribution is -0.135. The SMILES string of the molecule is COc1ccc(C(=O)C(CC(=O)N2CCOCC2)c2ccc(OC)cc2)cc1. The number of hydrogen-bond acceptors (Lipinski definition) is 5.